The molecule has 0 fully saturated rings. The van der Waals surface area contributed by atoms with Crippen LogP contribution >= 0.6 is 15.9 Å². The maximum Gasteiger partial charge on any atom is 0.163 e. The van der Waals surface area contributed by atoms with E-state index in [-0.39, 0.29) is 0 Å². The van der Waals surface area contributed by atoms with E-state index >= 15 is 0 Å². The van der Waals surface area contributed by atoms with Crippen molar-refractivity contribution in [1.82, 2.24) is 29.9 Å². The fourth-order valence-electron chi connectivity index (χ4n) is 14.7. The van der Waals surface area contributed by atoms with Crippen LogP contribution in [0.2, 0.25) is 0 Å². The first-order valence-corrected chi connectivity index (χ1v) is 34.9. The summed E-state index contributed by atoms with van der Waals surface area (Å²) in [6, 6.07) is 135. The van der Waals surface area contributed by atoms with Crippen LogP contribution in [-0.4, -0.2) is 29.9 Å². The van der Waals surface area contributed by atoms with E-state index in [2.05, 4.69) is 346 Å². The number of rotatable bonds is 13. The number of benzene rings is 14. The van der Waals surface area contributed by atoms with Crippen LogP contribution in [-0.2, 0) is 10.8 Å². The van der Waals surface area contributed by atoms with Crippen LogP contribution in [0.1, 0.15) is 45.0 Å². The van der Waals surface area contributed by atoms with E-state index in [9.17, 15) is 0 Å². The van der Waals surface area contributed by atoms with Gasteiger partial charge in [0.05, 0.1) is 22.7 Å². The molecule has 10 heteroatoms. The predicted molar refractivity (Wildman–Crippen MR) is 417 cm³/mol. The lowest BCUT2D eigenvalue weighted by atomic mass is 9.65. The molecule has 0 spiro atoms. The van der Waals surface area contributed by atoms with Crippen LogP contribution < -0.4 is 14.7 Å². The van der Waals surface area contributed by atoms with Gasteiger partial charge in [-0.25, -0.2) is 29.9 Å². The highest BCUT2D eigenvalue weighted by Gasteiger charge is 2.51. The van der Waals surface area contributed by atoms with Crippen molar-refractivity contribution in [3.05, 3.63) is 438 Å². The fourth-order valence-corrected chi connectivity index (χ4v) is 14.9. The molecule has 0 saturated heterocycles. The molecule has 0 N–H and O–H groups in total. The Kier molecular flexibility index (Phi) is 16.8. The van der Waals surface area contributed by atoms with E-state index in [0.717, 1.165) is 111 Å². The zero-order chi connectivity index (χ0) is 68.2. The monoisotopic (exact) mass is 1370 g/mol. The number of hydrogen-bond donors (Lipinski definition) is 0. The van der Waals surface area contributed by atoms with Gasteiger partial charge in [0, 0.05) is 55.2 Å². The number of halogens is 1. The van der Waals surface area contributed by atoms with Crippen LogP contribution in [0.5, 0.6) is 0 Å². The van der Waals surface area contributed by atoms with Crippen molar-refractivity contribution in [1.29, 1.82) is 0 Å². The summed E-state index contributed by atoms with van der Waals surface area (Å²) in [5.74, 6) is 3.84. The van der Waals surface area contributed by atoms with Crippen molar-refractivity contribution >= 4 is 67.1 Å². The third-order valence-electron chi connectivity index (χ3n) is 19.2. The van der Waals surface area contributed by atoms with Crippen LogP contribution in [0, 0.1) is 0 Å². The molecule has 0 amide bonds. The summed E-state index contributed by atoms with van der Waals surface area (Å²) in [5, 5.41) is 0. The molecule has 2 aliphatic rings. The Morgan fingerprint density at radius 3 is 0.755 bits per heavy atom. The van der Waals surface area contributed by atoms with Gasteiger partial charge in [-0.1, -0.05) is 307 Å². The Labute approximate surface area is 601 Å². The maximum absolute atomic E-state index is 5.50. The average Bonchev–Trinajstić information content (AvgIpc) is 0.700. The molecule has 9 nitrogen and oxygen atoms in total. The molecule has 14 aromatic carbocycles. The summed E-state index contributed by atoms with van der Waals surface area (Å²) < 4.78 is 1.01. The molecule has 484 valence electrons. The zero-order valence-corrected chi connectivity index (χ0v) is 56.9. The second kappa shape index (κ2) is 27.4. The first kappa shape index (κ1) is 62.5. The highest BCUT2D eigenvalue weighted by molar-refractivity contribution is 9.10. The minimum atomic E-state index is -0.947. The molecule has 0 saturated carbocycles. The van der Waals surface area contributed by atoms with Crippen LogP contribution in [0.15, 0.2) is 393 Å². The first-order valence-electron chi connectivity index (χ1n) is 34.1. The Hall–Kier alpha value is -13.0. The summed E-state index contributed by atoms with van der Waals surface area (Å²) in [5.41, 5.74) is 18.0. The van der Waals surface area contributed by atoms with Gasteiger partial charge in [-0.3, -0.25) is 0 Å². The third-order valence-corrected chi connectivity index (χ3v) is 19.7. The van der Waals surface area contributed by atoms with Gasteiger partial charge in [0.15, 0.2) is 34.9 Å². The molecule has 0 unspecified atom stereocenters. The highest BCUT2D eigenvalue weighted by Crippen LogP contribution is 2.59. The van der Waals surface area contributed by atoms with Gasteiger partial charge in [-0.2, -0.15) is 0 Å². The van der Waals surface area contributed by atoms with Gasteiger partial charge >= 0.3 is 0 Å². The van der Waals surface area contributed by atoms with E-state index in [1.165, 1.54) is 0 Å². The topological polar surface area (TPSA) is 87.1 Å². The SMILES string of the molecule is Brc1ccc(C2(c3nc(-c4ccccc4)nc(-c4ccccc4)n3)c3ccccc3N(c3ccccc3)c3ccccc32)cc1.c1ccc(-c2nc(-c3ccccc3)nc(C3(c4ccc(N(c5ccccc5)c5ccccc5)cc4)c4ccccc4N(c4ccccc4)c4ccccc43)n2)cc1. The lowest BCUT2D eigenvalue weighted by Gasteiger charge is -2.45. The van der Waals surface area contributed by atoms with Gasteiger partial charge < -0.3 is 14.7 Å². The van der Waals surface area contributed by atoms with Gasteiger partial charge in [0.1, 0.15) is 10.8 Å². The summed E-state index contributed by atoms with van der Waals surface area (Å²) >= 11 is 3.68. The molecule has 2 aliphatic heterocycles. The van der Waals surface area contributed by atoms with E-state index in [4.69, 9.17) is 29.9 Å². The van der Waals surface area contributed by atoms with E-state index in [1.54, 1.807) is 0 Å². The Bertz CT molecular complexity index is 5340. The van der Waals surface area contributed by atoms with Crippen LogP contribution in [0.25, 0.3) is 45.6 Å². The molecule has 18 rings (SSSR count). The summed E-state index contributed by atoms with van der Waals surface area (Å²) in [6.45, 7) is 0. The largest absolute Gasteiger partial charge is 0.311 e. The maximum atomic E-state index is 5.50. The smallest absolute Gasteiger partial charge is 0.163 e. The van der Waals surface area contributed by atoms with Crippen molar-refractivity contribution in [3.8, 4) is 45.6 Å². The van der Waals surface area contributed by atoms with Crippen molar-refractivity contribution < 1.29 is 0 Å². The molecule has 4 heterocycles. The Morgan fingerprint density at radius 1 is 0.225 bits per heavy atom. The molecule has 0 aliphatic carbocycles. The molecular weight excluding hydrogens is 1310 g/mol. The Morgan fingerprint density at radius 2 is 0.461 bits per heavy atom. The molecular formula is C92H64BrN9. The normalized spacial score (nSPS) is 12.9. The second-order valence-corrected chi connectivity index (χ2v) is 26.0. The lowest BCUT2D eigenvalue weighted by Crippen LogP contribution is -2.39. The minimum absolute atomic E-state index is 0.621. The van der Waals surface area contributed by atoms with Gasteiger partial charge in [0.25, 0.3) is 0 Å². The standard InChI is InChI=1S/C52H37N5.C40H27BrN4/c1-6-20-38(21-7-1)49-53-50(39-22-8-2-9-23-39)55-51(54-49)52(40-34-36-44(37-35-40)56(41-24-10-3-11-25-41)42-26-12-4-13-27-42)45-30-16-18-32-47(45)57(43-28-14-5-15-29-43)48-33-19-17-31-46(48)52;41-31-26-24-30(25-27-31)40(39-43-37(28-14-4-1-5-15-28)42-38(44-39)29-16-6-2-7-17-29)33-20-10-12-22-35(33)45(32-18-8-3-9-19-32)36-23-13-11-21-34(36)40/h1-37H;1-27H. The second-order valence-electron chi connectivity index (χ2n) is 25.0. The molecule has 0 bridgehead atoms. The zero-order valence-electron chi connectivity index (χ0n) is 55.4. The minimum Gasteiger partial charge on any atom is -0.311 e. The van der Waals surface area contributed by atoms with Crippen LogP contribution in [0.3, 0.4) is 0 Å². The van der Waals surface area contributed by atoms with Gasteiger partial charge in [0.2, 0.25) is 0 Å². The molecule has 0 atom stereocenters. The van der Waals surface area contributed by atoms with E-state index < -0.39 is 10.8 Å². The summed E-state index contributed by atoms with van der Waals surface area (Å²) in [7, 11) is 0. The quantitative estimate of drug-likeness (QED) is 0.112. The van der Waals surface area contributed by atoms with Gasteiger partial charge in [-0.15, -0.1) is 0 Å². The van der Waals surface area contributed by atoms with Crippen LogP contribution in [0.4, 0.5) is 51.2 Å². The fraction of sp³-hybridized carbons (Fsp3) is 0.0217. The Balaban J connectivity index is 0.000000156. The van der Waals surface area contributed by atoms with Crippen molar-refractivity contribution in [2.45, 2.75) is 10.8 Å². The molecule has 102 heavy (non-hydrogen) atoms. The average molecular weight is 1380 g/mol. The number of para-hydroxylation sites is 8. The molecule has 2 aromatic heterocycles. The number of fused-ring (bicyclic) bond motifs is 4. The molecule has 0 radical (unpaired) electrons. The van der Waals surface area contributed by atoms with Crippen molar-refractivity contribution in [3.63, 3.8) is 0 Å². The predicted octanol–water partition coefficient (Wildman–Crippen LogP) is 23.0. The molecule has 16 aromatic rings. The number of nitrogens with zero attached hydrogens (tertiary/aromatic N) is 9. The summed E-state index contributed by atoms with van der Waals surface area (Å²) in [4.78, 5) is 38.9. The highest BCUT2D eigenvalue weighted by atomic mass is 79.9. The van der Waals surface area contributed by atoms with E-state index in [1.807, 2.05) is 72.8 Å². The van der Waals surface area contributed by atoms with Crippen molar-refractivity contribution in [2.24, 2.45) is 0 Å². The van der Waals surface area contributed by atoms with Crippen molar-refractivity contribution in [2.75, 3.05) is 14.7 Å². The summed E-state index contributed by atoms with van der Waals surface area (Å²) in [6.07, 6.45) is 0. The third kappa shape index (κ3) is 11.3. The van der Waals surface area contributed by atoms with Gasteiger partial charge in [-0.05, 0) is 130 Å². The number of hydrogen-bond acceptors (Lipinski definition) is 9. The number of aromatic nitrogens is 6. The number of anilines is 9. The lowest BCUT2D eigenvalue weighted by molar-refractivity contribution is 0.666. The first-order chi connectivity index (χ1) is 50.5. The van der Waals surface area contributed by atoms with E-state index in [0.29, 0.717) is 34.9 Å².